The molecule has 2 N–H and O–H groups in total. The van der Waals surface area contributed by atoms with E-state index < -0.39 is 16.9 Å². The number of carbonyl (C=O) groups is 2. The second-order valence-electron chi connectivity index (χ2n) is 5.51. The summed E-state index contributed by atoms with van der Waals surface area (Å²) in [5.41, 5.74) is 1.18. The molecule has 0 saturated heterocycles. The van der Waals surface area contributed by atoms with Crippen molar-refractivity contribution in [2.75, 3.05) is 6.54 Å². The smallest absolute Gasteiger partial charge is 0.321 e. The van der Waals surface area contributed by atoms with Gasteiger partial charge in [-0.15, -0.1) is 12.4 Å². The lowest BCUT2D eigenvalue weighted by Crippen LogP contribution is -2.39. The van der Waals surface area contributed by atoms with Gasteiger partial charge in [0, 0.05) is 30.7 Å². The van der Waals surface area contributed by atoms with E-state index in [1.165, 1.54) is 24.3 Å². The molecule has 0 aliphatic carbocycles. The number of aliphatic carboxylic acids is 1. The number of nitro groups is 1. The summed E-state index contributed by atoms with van der Waals surface area (Å²) in [6.45, 7) is 0.208. The molecule has 0 aromatic heterocycles. The number of halogens is 1. The van der Waals surface area contributed by atoms with Crippen LogP contribution in [0.4, 0.5) is 5.69 Å². The first kappa shape index (κ1) is 21.3. The number of hydrogen-bond acceptors (Lipinski definition) is 5. The first-order valence-corrected chi connectivity index (χ1v) is 7.75. The van der Waals surface area contributed by atoms with Gasteiger partial charge in [-0.3, -0.25) is 19.7 Å². The SMILES string of the molecule is Cl.O=C(CCN[C@H](Cc1ccccc1)C(=O)O)c1ccc([N+](=O)[O-])cc1. The lowest BCUT2D eigenvalue weighted by atomic mass is 10.0. The number of nitrogens with zero attached hydrogens (tertiary/aromatic N) is 1. The molecule has 0 heterocycles. The molecule has 0 aliphatic heterocycles. The van der Waals surface area contributed by atoms with Gasteiger partial charge in [-0.25, -0.2) is 0 Å². The molecular weight excluding hydrogens is 360 g/mol. The molecule has 2 rings (SSSR count). The molecule has 0 spiro atoms. The summed E-state index contributed by atoms with van der Waals surface area (Å²) in [4.78, 5) is 33.5. The van der Waals surface area contributed by atoms with Crippen LogP contribution in [0.2, 0.25) is 0 Å². The van der Waals surface area contributed by atoms with Gasteiger partial charge in [-0.1, -0.05) is 30.3 Å². The predicted octanol–water partition coefficient (Wildman–Crippen LogP) is 2.87. The maximum atomic E-state index is 12.1. The maximum Gasteiger partial charge on any atom is 0.321 e. The second kappa shape index (κ2) is 10.3. The van der Waals surface area contributed by atoms with Gasteiger partial charge in [0.1, 0.15) is 6.04 Å². The Labute approximate surface area is 156 Å². The van der Waals surface area contributed by atoms with Gasteiger partial charge in [0.05, 0.1) is 4.92 Å². The molecular formula is C18H19ClN2O5. The van der Waals surface area contributed by atoms with E-state index in [0.717, 1.165) is 5.56 Å². The Morgan fingerprint density at radius 3 is 2.23 bits per heavy atom. The molecule has 26 heavy (non-hydrogen) atoms. The van der Waals surface area contributed by atoms with Gasteiger partial charge in [0.25, 0.3) is 5.69 Å². The zero-order valence-corrected chi connectivity index (χ0v) is 14.6. The number of non-ortho nitro benzene ring substituents is 1. The monoisotopic (exact) mass is 378 g/mol. The van der Waals surface area contributed by atoms with Crippen molar-refractivity contribution in [3.63, 3.8) is 0 Å². The van der Waals surface area contributed by atoms with Crippen LogP contribution in [0, 0.1) is 10.1 Å². The number of Topliss-reactive ketones (excluding diaryl/α,β-unsaturated/α-hetero) is 1. The number of ketones is 1. The lowest BCUT2D eigenvalue weighted by Gasteiger charge is -2.14. The summed E-state index contributed by atoms with van der Waals surface area (Å²) in [6, 6.07) is 13.8. The summed E-state index contributed by atoms with van der Waals surface area (Å²) in [7, 11) is 0. The number of carbonyl (C=O) groups excluding carboxylic acids is 1. The van der Waals surface area contributed by atoms with Gasteiger partial charge >= 0.3 is 5.97 Å². The summed E-state index contributed by atoms with van der Waals surface area (Å²) < 4.78 is 0. The maximum absolute atomic E-state index is 12.1. The van der Waals surface area contributed by atoms with Crippen LogP contribution in [0.5, 0.6) is 0 Å². The number of nitrogens with one attached hydrogen (secondary N) is 1. The van der Waals surface area contributed by atoms with Gasteiger partial charge in [0.2, 0.25) is 0 Å². The molecule has 0 bridgehead atoms. The molecule has 2 aromatic carbocycles. The Balaban J connectivity index is 0.00000338. The summed E-state index contributed by atoms with van der Waals surface area (Å²) >= 11 is 0. The van der Waals surface area contributed by atoms with E-state index in [1.54, 1.807) is 0 Å². The Morgan fingerprint density at radius 1 is 1.08 bits per heavy atom. The van der Waals surface area contributed by atoms with Crippen LogP contribution in [0.25, 0.3) is 0 Å². The van der Waals surface area contributed by atoms with E-state index in [2.05, 4.69) is 5.32 Å². The van der Waals surface area contributed by atoms with E-state index in [9.17, 15) is 24.8 Å². The average Bonchev–Trinajstić information content (AvgIpc) is 2.61. The highest BCUT2D eigenvalue weighted by atomic mass is 35.5. The second-order valence-corrected chi connectivity index (χ2v) is 5.51. The van der Waals surface area contributed by atoms with E-state index in [1.807, 2.05) is 30.3 Å². The number of rotatable bonds is 9. The Morgan fingerprint density at radius 2 is 1.69 bits per heavy atom. The Kier molecular flexibility index (Phi) is 8.41. The van der Waals surface area contributed by atoms with Crippen molar-refractivity contribution in [1.82, 2.24) is 5.32 Å². The van der Waals surface area contributed by atoms with Crippen molar-refractivity contribution in [2.24, 2.45) is 0 Å². The quantitative estimate of drug-likeness (QED) is 0.394. The van der Waals surface area contributed by atoms with Crippen LogP contribution < -0.4 is 5.32 Å². The highest BCUT2D eigenvalue weighted by Crippen LogP contribution is 2.13. The number of carboxylic acid groups (broad SMARTS) is 1. The number of benzene rings is 2. The third kappa shape index (κ3) is 6.27. The van der Waals surface area contributed by atoms with E-state index in [4.69, 9.17) is 0 Å². The molecule has 0 amide bonds. The largest absolute Gasteiger partial charge is 0.480 e. The predicted molar refractivity (Wildman–Crippen MR) is 98.9 cm³/mol. The van der Waals surface area contributed by atoms with Crippen LogP contribution in [0.15, 0.2) is 54.6 Å². The van der Waals surface area contributed by atoms with E-state index in [0.29, 0.717) is 12.0 Å². The summed E-state index contributed by atoms with van der Waals surface area (Å²) in [5, 5.41) is 22.8. The zero-order valence-electron chi connectivity index (χ0n) is 13.8. The van der Waals surface area contributed by atoms with Crippen molar-refractivity contribution in [3.8, 4) is 0 Å². The fourth-order valence-corrected chi connectivity index (χ4v) is 2.37. The fourth-order valence-electron chi connectivity index (χ4n) is 2.37. The number of nitro benzene ring substituents is 1. The molecule has 0 aliphatic rings. The van der Waals surface area contributed by atoms with Crippen molar-refractivity contribution >= 4 is 29.8 Å². The van der Waals surface area contributed by atoms with Gasteiger partial charge in [-0.05, 0) is 24.1 Å². The highest BCUT2D eigenvalue weighted by Gasteiger charge is 2.18. The van der Waals surface area contributed by atoms with Crippen molar-refractivity contribution in [2.45, 2.75) is 18.9 Å². The number of hydrogen-bond donors (Lipinski definition) is 2. The summed E-state index contributed by atoms with van der Waals surface area (Å²) in [6.07, 6.45) is 0.429. The standard InChI is InChI=1S/C18H18N2O5.ClH/c21-17(14-6-8-15(9-7-14)20(24)25)10-11-19-16(18(22)23)12-13-4-2-1-3-5-13;/h1-9,16,19H,10-12H2,(H,22,23);1H/t16-;/m1./s1. The first-order chi connectivity index (χ1) is 12.0. The van der Waals surface area contributed by atoms with Crippen molar-refractivity contribution in [3.05, 3.63) is 75.8 Å². The minimum absolute atomic E-state index is 0. The average molecular weight is 379 g/mol. The molecule has 1 atom stereocenters. The van der Waals surface area contributed by atoms with E-state index in [-0.39, 0.29) is 36.8 Å². The first-order valence-electron chi connectivity index (χ1n) is 7.75. The molecule has 0 fully saturated rings. The van der Waals surface area contributed by atoms with Crippen LogP contribution in [-0.4, -0.2) is 34.4 Å². The fraction of sp³-hybridized carbons (Fsp3) is 0.222. The van der Waals surface area contributed by atoms with E-state index >= 15 is 0 Å². The third-order valence-electron chi connectivity index (χ3n) is 3.72. The molecule has 0 radical (unpaired) electrons. The Bertz CT molecular complexity index is 750. The molecule has 0 saturated carbocycles. The minimum Gasteiger partial charge on any atom is -0.480 e. The minimum atomic E-state index is -0.980. The van der Waals surface area contributed by atoms with Crippen LogP contribution in [0.1, 0.15) is 22.3 Å². The van der Waals surface area contributed by atoms with Gasteiger partial charge in [0.15, 0.2) is 5.78 Å². The molecule has 7 nitrogen and oxygen atoms in total. The van der Waals surface area contributed by atoms with Crippen LogP contribution in [0.3, 0.4) is 0 Å². The molecule has 2 aromatic rings. The number of carboxylic acids is 1. The topological polar surface area (TPSA) is 110 Å². The molecule has 138 valence electrons. The van der Waals surface area contributed by atoms with Crippen LogP contribution >= 0.6 is 12.4 Å². The highest BCUT2D eigenvalue weighted by molar-refractivity contribution is 5.96. The zero-order chi connectivity index (χ0) is 18.2. The normalized spacial score (nSPS) is 11.2. The summed E-state index contributed by atoms with van der Waals surface area (Å²) in [5.74, 6) is -1.18. The van der Waals surface area contributed by atoms with Gasteiger partial charge < -0.3 is 10.4 Å². The molecule has 0 unspecified atom stereocenters. The van der Waals surface area contributed by atoms with Crippen LogP contribution in [-0.2, 0) is 11.2 Å². The lowest BCUT2D eigenvalue weighted by molar-refractivity contribution is -0.384. The Hall–Kier alpha value is -2.77. The molecule has 8 heteroatoms. The van der Waals surface area contributed by atoms with Crippen molar-refractivity contribution in [1.29, 1.82) is 0 Å². The third-order valence-corrected chi connectivity index (χ3v) is 3.72. The van der Waals surface area contributed by atoms with Gasteiger partial charge in [-0.2, -0.15) is 0 Å². The van der Waals surface area contributed by atoms with Crippen molar-refractivity contribution < 1.29 is 19.6 Å².